The molecule has 2 heterocycles. The highest BCUT2D eigenvalue weighted by molar-refractivity contribution is 6.61. The second kappa shape index (κ2) is 4.44. The molecule has 0 amide bonds. The number of benzene rings is 1. The smallest absolute Gasteiger partial charge is 0.423 e. The van der Waals surface area contributed by atoms with Gasteiger partial charge in [0, 0.05) is 11.9 Å². The summed E-state index contributed by atoms with van der Waals surface area (Å²) >= 11 is 0. The number of nitrogens with one attached hydrogen (secondary N) is 1. The van der Waals surface area contributed by atoms with E-state index in [9.17, 15) is 5.02 Å². The number of rotatable bonds is 2. The Labute approximate surface area is 106 Å². The minimum Gasteiger partial charge on any atom is -0.423 e. The molecule has 0 unspecified atom stereocenters. The van der Waals surface area contributed by atoms with Gasteiger partial charge < -0.3 is 15.0 Å². The Kier molecular flexibility index (Phi) is 2.78. The average Bonchev–Trinajstić information content (AvgIpc) is 2.71. The van der Waals surface area contributed by atoms with E-state index in [-0.39, 0.29) is 0 Å². The van der Waals surface area contributed by atoms with E-state index in [1.807, 2.05) is 37.3 Å². The van der Waals surface area contributed by atoms with Crippen molar-refractivity contribution in [2.45, 2.75) is 13.5 Å². The van der Waals surface area contributed by atoms with Crippen LogP contribution in [0.15, 0.2) is 36.5 Å². The molecule has 0 radical (unpaired) electrons. The number of fused-ring (bicyclic) bond motifs is 1. The van der Waals surface area contributed by atoms with Crippen molar-refractivity contribution < 1.29 is 9.68 Å². The maximum Gasteiger partial charge on any atom is 0.491 e. The first-order valence-corrected chi connectivity index (χ1v) is 5.84. The Morgan fingerprint density at radius 2 is 2.22 bits per heavy atom. The third kappa shape index (κ3) is 2.10. The molecule has 0 aliphatic carbocycles. The van der Waals surface area contributed by atoms with Gasteiger partial charge in [0.1, 0.15) is 5.82 Å². The van der Waals surface area contributed by atoms with Crippen molar-refractivity contribution in [2.75, 3.05) is 5.32 Å². The molecule has 2 aromatic rings. The quantitative estimate of drug-likeness (QED) is 0.778. The van der Waals surface area contributed by atoms with E-state index in [1.54, 1.807) is 6.20 Å². The van der Waals surface area contributed by atoms with Gasteiger partial charge in [0.15, 0.2) is 0 Å². The lowest BCUT2D eigenvalue weighted by molar-refractivity contribution is 0.275. The summed E-state index contributed by atoms with van der Waals surface area (Å²) in [6.45, 7) is 2.48. The summed E-state index contributed by atoms with van der Waals surface area (Å²) in [7, 11) is -0.786. The number of hydrogen-bond donors (Lipinski definition) is 2. The lowest BCUT2D eigenvalue weighted by atomic mass is 9.79. The second-order valence-electron chi connectivity index (χ2n) is 4.42. The van der Waals surface area contributed by atoms with E-state index in [0.717, 1.165) is 28.1 Å². The minimum absolute atomic E-state index is 0.452. The Bertz CT molecular complexity index is 589. The molecule has 0 saturated heterocycles. The summed E-state index contributed by atoms with van der Waals surface area (Å²) in [5.74, 6) is 0.814. The van der Waals surface area contributed by atoms with Gasteiger partial charge in [-0.1, -0.05) is 6.07 Å². The van der Waals surface area contributed by atoms with Crippen molar-refractivity contribution in [1.29, 1.82) is 0 Å². The first-order valence-electron chi connectivity index (χ1n) is 5.84. The second-order valence-corrected chi connectivity index (χ2v) is 4.42. The van der Waals surface area contributed by atoms with E-state index in [2.05, 4.69) is 10.3 Å². The zero-order valence-corrected chi connectivity index (χ0v) is 10.1. The molecular weight excluding hydrogens is 227 g/mol. The summed E-state index contributed by atoms with van der Waals surface area (Å²) in [5.41, 5.74) is 3.97. The molecular formula is C13H13BN2O2. The van der Waals surface area contributed by atoms with Crippen LogP contribution in [0.1, 0.15) is 11.1 Å². The van der Waals surface area contributed by atoms with Crippen LogP contribution in [0.3, 0.4) is 0 Å². The van der Waals surface area contributed by atoms with E-state index < -0.39 is 7.12 Å². The summed E-state index contributed by atoms with van der Waals surface area (Å²) in [6, 6.07) is 9.72. The molecule has 0 bridgehead atoms. The van der Waals surface area contributed by atoms with Crippen LogP contribution in [0.5, 0.6) is 0 Å². The molecule has 2 N–H and O–H groups in total. The fraction of sp³-hybridized carbons (Fsp3) is 0.154. The predicted molar refractivity (Wildman–Crippen MR) is 71.1 cm³/mol. The van der Waals surface area contributed by atoms with Crippen LogP contribution < -0.4 is 10.8 Å². The van der Waals surface area contributed by atoms with Crippen LogP contribution in [0.2, 0.25) is 0 Å². The van der Waals surface area contributed by atoms with E-state index in [1.165, 1.54) is 0 Å². The highest BCUT2D eigenvalue weighted by Crippen LogP contribution is 2.19. The van der Waals surface area contributed by atoms with E-state index in [4.69, 9.17) is 4.65 Å². The van der Waals surface area contributed by atoms with Crippen LogP contribution in [0.25, 0.3) is 0 Å². The van der Waals surface area contributed by atoms with E-state index in [0.29, 0.717) is 6.61 Å². The average molecular weight is 240 g/mol. The molecule has 1 aromatic carbocycles. The predicted octanol–water partition coefficient (Wildman–Crippen LogP) is 1.35. The highest BCUT2D eigenvalue weighted by Gasteiger charge is 2.26. The van der Waals surface area contributed by atoms with Gasteiger partial charge in [-0.25, -0.2) is 4.98 Å². The molecule has 3 rings (SSSR count). The van der Waals surface area contributed by atoms with Gasteiger partial charge >= 0.3 is 7.12 Å². The highest BCUT2D eigenvalue weighted by atomic mass is 16.5. The van der Waals surface area contributed by atoms with Crippen molar-refractivity contribution in [3.8, 4) is 0 Å². The molecule has 0 spiro atoms. The number of anilines is 2. The third-order valence-electron chi connectivity index (χ3n) is 2.99. The third-order valence-corrected chi connectivity index (χ3v) is 2.99. The zero-order valence-electron chi connectivity index (χ0n) is 10.1. The maximum absolute atomic E-state index is 9.54. The van der Waals surface area contributed by atoms with Gasteiger partial charge in [0.05, 0.1) is 6.61 Å². The topological polar surface area (TPSA) is 54.4 Å². The summed E-state index contributed by atoms with van der Waals surface area (Å²) in [4.78, 5) is 4.25. The number of nitrogens with zero attached hydrogens (tertiary/aromatic N) is 1. The maximum atomic E-state index is 9.54. The van der Waals surface area contributed by atoms with E-state index >= 15 is 0 Å². The number of aromatic nitrogens is 1. The number of aryl methyl sites for hydroxylation is 1. The molecule has 1 aliphatic heterocycles. The van der Waals surface area contributed by atoms with Crippen molar-refractivity contribution in [2.24, 2.45) is 0 Å². The van der Waals surface area contributed by atoms with Gasteiger partial charge in [0.2, 0.25) is 0 Å². The molecule has 90 valence electrons. The lowest BCUT2D eigenvalue weighted by Crippen LogP contribution is -2.27. The monoisotopic (exact) mass is 240 g/mol. The largest absolute Gasteiger partial charge is 0.491 e. The van der Waals surface area contributed by atoms with Crippen molar-refractivity contribution in [3.63, 3.8) is 0 Å². The summed E-state index contributed by atoms with van der Waals surface area (Å²) < 4.78 is 5.16. The van der Waals surface area contributed by atoms with Crippen LogP contribution in [-0.2, 0) is 11.3 Å². The van der Waals surface area contributed by atoms with Crippen molar-refractivity contribution in [1.82, 2.24) is 4.98 Å². The van der Waals surface area contributed by atoms with Crippen LogP contribution in [0, 0.1) is 6.92 Å². The SMILES string of the molecule is Cc1ccnc(Nc2ccc3c(c2)COB3O)c1. The normalized spacial score (nSPS) is 13.6. The standard InChI is InChI=1S/C13H13BN2O2/c1-9-4-5-15-13(6-9)16-11-2-3-12-10(7-11)8-18-14(12)17/h2-7,17H,8H2,1H3,(H,15,16). The van der Waals surface area contributed by atoms with Crippen LogP contribution >= 0.6 is 0 Å². The summed E-state index contributed by atoms with van der Waals surface area (Å²) in [5, 5.41) is 12.8. The molecule has 0 saturated carbocycles. The molecule has 0 atom stereocenters. The molecule has 0 fully saturated rings. The fourth-order valence-corrected chi connectivity index (χ4v) is 2.06. The Hall–Kier alpha value is -1.85. The minimum atomic E-state index is -0.786. The molecule has 18 heavy (non-hydrogen) atoms. The lowest BCUT2D eigenvalue weighted by Gasteiger charge is -2.07. The molecule has 5 heteroatoms. The number of hydrogen-bond acceptors (Lipinski definition) is 4. The van der Waals surface area contributed by atoms with Crippen LogP contribution in [-0.4, -0.2) is 17.1 Å². The first-order chi connectivity index (χ1) is 8.72. The van der Waals surface area contributed by atoms with Gasteiger partial charge in [-0.15, -0.1) is 0 Å². The van der Waals surface area contributed by atoms with Crippen molar-refractivity contribution >= 4 is 24.1 Å². The Morgan fingerprint density at radius 3 is 3.06 bits per heavy atom. The summed E-state index contributed by atoms with van der Waals surface area (Å²) in [6.07, 6.45) is 1.78. The van der Waals surface area contributed by atoms with Crippen LogP contribution in [0.4, 0.5) is 11.5 Å². The van der Waals surface area contributed by atoms with Gasteiger partial charge in [-0.3, -0.25) is 0 Å². The number of pyridine rings is 1. The zero-order chi connectivity index (χ0) is 12.5. The van der Waals surface area contributed by atoms with Gasteiger partial charge in [-0.2, -0.15) is 0 Å². The fourth-order valence-electron chi connectivity index (χ4n) is 2.06. The van der Waals surface area contributed by atoms with Crippen molar-refractivity contribution in [3.05, 3.63) is 47.7 Å². The Morgan fingerprint density at radius 1 is 1.33 bits per heavy atom. The van der Waals surface area contributed by atoms with Gasteiger partial charge in [0.25, 0.3) is 0 Å². The van der Waals surface area contributed by atoms with Gasteiger partial charge in [-0.05, 0) is 47.8 Å². The molecule has 1 aliphatic rings. The first kappa shape index (κ1) is 11.3. The molecule has 4 nitrogen and oxygen atoms in total. The Balaban J connectivity index is 1.86. The molecule has 1 aromatic heterocycles.